The summed E-state index contributed by atoms with van der Waals surface area (Å²) in [5.41, 5.74) is -1.44. The van der Waals surface area contributed by atoms with Crippen molar-refractivity contribution in [2.24, 2.45) is 5.92 Å². The average molecular weight is 243 g/mol. The minimum Gasteiger partial charge on any atom is -0.459 e. The van der Waals surface area contributed by atoms with Gasteiger partial charge in [-0.2, -0.15) is 0 Å². The van der Waals surface area contributed by atoms with Crippen LogP contribution in [0.15, 0.2) is 0 Å². The van der Waals surface area contributed by atoms with Crippen molar-refractivity contribution in [3.8, 4) is 0 Å². The molecule has 0 aromatic rings. The van der Waals surface area contributed by atoms with Gasteiger partial charge < -0.3 is 15.2 Å². The molecule has 0 spiro atoms. The predicted molar refractivity (Wildman–Crippen MR) is 66.7 cm³/mol. The number of hydrogen-bond donors (Lipinski definition) is 2. The smallest absolute Gasteiger partial charge is 0.309 e. The van der Waals surface area contributed by atoms with Crippen molar-refractivity contribution in [3.05, 3.63) is 0 Å². The lowest BCUT2D eigenvalue weighted by molar-refractivity contribution is -0.167. The van der Waals surface area contributed by atoms with E-state index in [4.69, 9.17) is 4.74 Å². The molecule has 0 aromatic heterocycles. The summed E-state index contributed by atoms with van der Waals surface area (Å²) in [7, 11) is 0. The van der Waals surface area contributed by atoms with Crippen molar-refractivity contribution in [1.29, 1.82) is 0 Å². The third kappa shape index (κ3) is 5.04. The van der Waals surface area contributed by atoms with E-state index < -0.39 is 11.2 Å². The van der Waals surface area contributed by atoms with Crippen LogP contribution in [0.3, 0.4) is 0 Å². The second-order valence-corrected chi connectivity index (χ2v) is 6.09. The van der Waals surface area contributed by atoms with Crippen LogP contribution in [0.2, 0.25) is 0 Å². The van der Waals surface area contributed by atoms with Gasteiger partial charge >= 0.3 is 5.97 Å². The lowest BCUT2D eigenvalue weighted by Gasteiger charge is -2.37. The molecule has 1 rings (SSSR count). The maximum atomic E-state index is 11.7. The van der Waals surface area contributed by atoms with E-state index in [0.29, 0.717) is 5.92 Å². The molecule has 1 aliphatic rings. The molecular weight excluding hydrogens is 218 g/mol. The summed E-state index contributed by atoms with van der Waals surface area (Å²) in [6.45, 7) is 9.13. The minimum atomic E-state index is -0.999. The highest BCUT2D eigenvalue weighted by Gasteiger charge is 2.35. The molecule has 0 amide bonds. The second-order valence-electron chi connectivity index (χ2n) is 6.09. The van der Waals surface area contributed by atoms with Crippen molar-refractivity contribution < 1.29 is 14.6 Å². The second kappa shape index (κ2) is 5.36. The molecule has 0 radical (unpaired) electrons. The lowest BCUT2D eigenvalue weighted by atomic mass is 9.83. The van der Waals surface area contributed by atoms with Gasteiger partial charge in [0.1, 0.15) is 5.60 Å². The first-order valence-corrected chi connectivity index (χ1v) is 6.36. The molecule has 0 bridgehead atoms. The van der Waals surface area contributed by atoms with Crippen molar-refractivity contribution in [2.75, 3.05) is 13.1 Å². The first-order chi connectivity index (χ1) is 7.71. The Kier molecular flexibility index (Phi) is 4.55. The molecule has 0 aliphatic carbocycles. The SMILES string of the molecule is CC(C)(O)CC(=O)OC(C)(C)C1CCNCC1. The fourth-order valence-electron chi connectivity index (χ4n) is 2.28. The predicted octanol–water partition coefficient (Wildman–Crippen LogP) is 1.47. The number of nitrogens with one attached hydrogen (secondary N) is 1. The Balaban J connectivity index is 2.50. The van der Waals surface area contributed by atoms with Crippen LogP contribution in [0.1, 0.15) is 47.0 Å². The molecular formula is C13H25NO3. The van der Waals surface area contributed by atoms with Gasteiger partial charge in [-0.3, -0.25) is 4.79 Å². The van der Waals surface area contributed by atoms with Crippen molar-refractivity contribution in [2.45, 2.75) is 58.2 Å². The minimum absolute atomic E-state index is 0.0431. The van der Waals surface area contributed by atoms with Crippen LogP contribution in [0, 0.1) is 5.92 Å². The van der Waals surface area contributed by atoms with E-state index in [0.717, 1.165) is 25.9 Å². The van der Waals surface area contributed by atoms with Gasteiger partial charge in [-0.05, 0) is 53.6 Å². The Morgan fingerprint density at radius 1 is 1.29 bits per heavy atom. The summed E-state index contributed by atoms with van der Waals surface area (Å²) in [6.07, 6.45) is 2.10. The van der Waals surface area contributed by atoms with Gasteiger partial charge in [0.25, 0.3) is 0 Å². The third-order valence-electron chi connectivity index (χ3n) is 3.28. The number of rotatable bonds is 4. The van der Waals surface area contributed by atoms with Crippen LogP contribution in [0.5, 0.6) is 0 Å². The molecule has 1 saturated heterocycles. The first-order valence-electron chi connectivity index (χ1n) is 6.36. The zero-order valence-corrected chi connectivity index (χ0v) is 11.4. The maximum absolute atomic E-state index is 11.7. The highest BCUT2D eigenvalue weighted by Crippen LogP contribution is 2.29. The van der Waals surface area contributed by atoms with Crippen LogP contribution in [-0.4, -0.2) is 35.4 Å². The van der Waals surface area contributed by atoms with E-state index in [1.165, 1.54) is 0 Å². The molecule has 0 saturated carbocycles. The molecule has 0 atom stereocenters. The van der Waals surface area contributed by atoms with Gasteiger partial charge in [-0.15, -0.1) is 0 Å². The molecule has 0 unspecified atom stereocenters. The van der Waals surface area contributed by atoms with Crippen LogP contribution in [0.25, 0.3) is 0 Å². The Morgan fingerprint density at radius 2 is 1.82 bits per heavy atom. The Labute approximate surface area is 104 Å². The van der Waals surface area contributed by atoms with Crippen LogP contribution in [0.4, 0.5) is 0 Å². The first kappa shape index (κ1) is 14.5. The largest absolute Gasteiger partial charge is 0.459 e. The van der Waals surface area contributed by atoms with Crippen LogP contribution >= 0.6 is 0 Å². The molecule has 2 N–H and O–H groups in total. The highest BCUT2D eigenvalue weighted by molar-refractivity contribution is 5.71. The van der Waals surface area contributed by atoms with Gasteiger partial charge in [-0.25, -0.2) is 0 Å². The van der Waals surface area contributed by atoms with E-state index in [9.17, 15) is 9.90 Å². The van der Waals surface area contributed by atoms with Crippen LogP contribution < -0.4 is 5.32 Å². The number of hydrogen-bond acceptors (Lipinski definition) is 4. The summed E-state index contributed by atoms with van der Waals surface area (Å²) < 4.78 is 5.53. The van der Waals surface area contributed by atoms with E-state index in [2.05, 4.69) is 5.32 Å². The maximum Gasteiger partial charge on any atom is 0.309 e. The zero-order valence-electron chi connectivity index (χ0n) is 11.4. The number of carbonyl (C=O) groups is 1. The third-order valence-corrected chi connectivity index (χ3v) is 3.28. The number of aliphatic hydroxyl groups is 1. The molecule has 4 nitrogen and oxygen atoms in total. The number of piperidine rings is 1. The summed E-state index contributed by atoms with van der Waals surface area (Å²) in [4.78, 5) is 11.7. The highest BCUT2D eigenvalue weighted by atomic mass is 16.6. The van der Waals surface area contributed by atoms with Gasteiger partial charge in [0.2, 0.25) is 0 Å². The molecule has 1 fully saturated rings. The Hall–Kier alpha value is -0.610. The van der Waals surface area contributed by atoms with Gasteiger partial charge in [0, 0.05) is 5.92 Å². The zero-order chi connectivity index (χ0) is 13.1. The number of carbonyl (C=O) groups excluding carboxylic acids is 1. The van der Waals surface area contributed by atoms with Crippen molar-refractivity contribution >= 4 is 5.97 Å². The summed E-state index contributed by atoms with van der Waals surface area (Å²) in [5, 5.41) is 12.9. The monoisotopic (exact) mass is 243 g/mol. The lowest BCUT2D eigenvalue weighted by Crippen LogP contribution is -2.43. The summed E-state index contributed by atoms with van der Waals surface area (Å²) in [5.74, 6) is 0.0792. The van der Waals surface area contributed by atoms with Gasteiger partial charge in [0.05, 0.1) is 12.0 Å². The normalized spacial score (nSPS) is 19.1. The molecule has 1 heterocycles. The van der Waals surface area contributed by atoms with E-state index >= 15 is 0 Å². The fraction of sp³-hybridized carbons (Fsp3) is 0.923. The number of esters is 1. The van der Waals surface area contributed by atoms with E-state index in [-0.39, 0.29) is 12.4 Å². The van der Waals surface area contributed by atoms with E-state index in [1.807, 2.05) is 13.8 Å². The number of ether oxygens (including phenoxy) is 1. The van der Waals surface area contributed by atoms with Gasteiger partial charge in [0.15, 0.2) is 0 Å². The summed E-state index contributed by atoms with van der Waals surface area (Å²) >= 11 is 0. The molecule has 0 aromatic carbocycles. The molecule has 1 aliphatic heterocycles. The van der Waals surface area contributed by atoms with Crippen molar-refractivity contribution in [3.63, 3.8) is 0 Å². The van der Waals surface area contributed by atoms with Crippen LogP contribution in [-0.2, 0) is 9.53 Å². The average Bonchev–Trinajstić information content (AvgIpc) is 2.15. The molecule has 4 heteroatoms. The quantitative estimate of drug-likeness (QED) is 0.734. The van der Waals surface area contributed by atoms with Gasteiger partial charge in [-0.1, -0.05) is 0 Å². The van der Waals surface area contributed by atoms with E-state index in [1.54, 1.807) is 13.8 Å². The standard InChI is InChI=1S/C13H25NO3/c1-12(2,16)9-11(15)17-13(3,4)10-5-7-14-8-6-10/h10,14,16H,5-9H2,1-4H3. The topological polar surface area (TPSA) is 58.6 Å². The Morgan fingerprint density at radius 3 is 2.29 bits per heavy atom. The molecule has 17 heavy (non-hydrogen) atoms. The Bertz CT molecular complexity index is 262. The molecule has 100 valence electrons. The van der Waals surface area contributed by atoms with Crippen molar-refractivity contribution in [1.82, 2.24) is 5.32 Å². The summed E-state index contributed by atoms with van der Waals surface area (Å²) in [6, 6.07) is 0. The fourth-order valence-corrected chi connectivity index (χ4v) is 2.28.